The fourth-order valence-electron chi connectivity index (χ4n) is 3.55. The van der Waals surface area contributed by atoms with E-state index in [2.05, 4.69) is 9.71 Å². The molecule has 0 radical (unpaired) electrons. The van der Waals surface area contributed by atoms with E-state index in [1.54, 1.807) is 24.4 Å². The van der Waals surface area contributed by atoms with Gasteiger partial charge in [0.2, 0.25) is 10.0 Å². The van der Waals surface area contributed by atoms with Crippen molar-refractivity contribution in [1.82, 2.24) is 4.98 Å². The molecule has 1 aliphatic rings. The van der Waals surface area contributed by atoms with Crippen LogP contribution in [0.5, 0.6) is 0 Å². The van der Waals surface area contributed by atoms with E-state index >= 15 is 0 Å². The van der Waals surface area contributed by atoms with Gasteiger partial charge in [-0.1, -0.05) is 36.4 Å². The lowest BCUT2D eigenvalue weighted by Crippen LogP contribution is -2.35. The van der Waals surface area contributed by atoms with Gasteiger partial charge in [-0.3, -0.25) is 9.71 Å². The van der Waals surface area contributed by atoms with Crippen LogP contribution in [0.25, 0.3) is 11.1 Å². The number of allylic oxidation sites excluding steroid dienone is 2. The molecule has 2 heterocycles. The highest BCUT2D eigenvalue weighted by Gasteiger charge is 2.27. The fraction of sp³-hybridized carbons (Fsp3) is 0.0833. The second kappa shape index (κ2) is 8.57. The average molecular weight is 432 g/mol. The molecule has 31 heavy (non-hydrogen) atoms. The quantitative estimate of drug-likeness (QED) is 0.598. The molecular formula is C24H21N3O3S. The number of aldehydes is 1. The van der Waals surface area contributed by atoms with Crippen LogP contribution < -0.4 is 9.62 Å². The zero-order valence-corrected chi connectivity index (χ0v) is 17.7. The molecule has 4 rings (SSSR count). The SMILES string of the molecule is CS(=O)(=O)Nc1cccc(C2=CC(c3ccccn3)=CN(c3ccccc3)C2C=O)c1. The fourth-order valence-corrected chi connectivity index (χ4v) is 4.10. The van der Waals surface area contributed by atoms with E-state index in [-0.39, 0.29) is 0 Å². The molecule has 0 spiro atoms. The number of benzene rings is 2. The Morgan fingerprint density at radius 2 is 1.77 bits per heavy atom. The zero-order valence-electron chi connectivity index (χ0n) is 16.8. The summed E-state index contributed by atoms with van der Waals surface area (Å²) in [6, 6.07) is 21.7. The normalized spacial score (nSPS) is 16.3. The number of rotatable bonds is 6. The summed E-state index contributed by atoms with van der Waals surface area (Å²) < 4.78 is 25.8. The number of sulfonamides is 1. The molecule has 1 aromatic heterocycles. The van der Waals surface area contributed by atoms with E-state index in [4.69, 9.17) is 0 Å². The molecule has 0 saturated carbocycles. The maximum atomic E-state index is 12.2. The van der Waals surface area contributed by atoms with Crippen LogP contribution in [0.2, 0.25) is 0 Å². The topological polar surface area (TPSA) is 79.4 Å². The van der Waals surface area contributed by atoms with Gasteiger partial charge in [0.1, 0.15) is 12.3 Å². The van der Waals surface area contributed by atoms with Gasteiger partial charge in [0.25, 0.3) is 0 Å². The first kappa shape index (κ1) is 20.6. The van der Waals surface area contributed by atoms with Crippen molar-refractivity contribution >= 4 is 38.8 Å². The Kier molecular flexibility index (Phi) is 5.68. The Bertz CT molecular complexity index is 1250. The largest absolute Gasteiger partial charge is 0.333 e. The van der Waals surface area contributed by atoms with Crippen LogP contribution in [0, 0.1) is 0 Å². The minimum absolute atomic E-state index is 0.436. The van der Waals surface area contributed by atoms with Crippen molar-refractivity contribution in [3.8, 4) is 0 Å². The van der Waals surface area contributed by atoms with E-state index < -0.39 is 16.1 Å². The van der Waals surface area contributed by atoms with Gasteiger partial charge in [-0.05, 0) is 53.6 Å². The molecular weight excluding hydrogens is 410 g/mol. The summed E-state index contributed by atoms with van der Waals surface area (Å²) in [4.78, 5) is 18.6. The van der Waals surface area contributed by atoms with Crippen LogP contribution in [-0.4, -0.2) is 32.0 Å². The van der Waals surface area contributed by atoms with Crippen molar-refractivity contribution < 1.29 is 13.2 Å². The lowest BCUT2D eigenvalue weighted by atomic mass is 9.91. The molecule has 0 aliphatic carbocycles. The highest BCUT2D eigenvalue weighted by Crippen LogP contribution is 2.35. The number of hydrogen-bond acceptors (Lipinski definition) is 5. The second-order valence-corrected chi connectivity index (χ2v) is 8.93. The molecule has 6 nitrogen and oxygen atoms in total. The van der Waals surface area contributed by atoms with E-state index in [1.165, 1.54) is 0 Å². The van der Waals surface area contributed by atoms with Gasteiger partial charge < -0.3 is 9.69 Å². The van der Waals surface area contributed by atoms with Gasteiger partial charge in [0.15, 0.2) is 0 Å². The molecule has 2 aromatic carbocycles. The van der Waals surface area contributed by atoms with Crippen molar-refractivity contribution in [2.75, 3.05) is 15.9 Å². The summed E-state index contributed by atoms with van der Waals surface area (Å²) in [5.74, 6) is 0. The Labute approximate surface area is 181 Å². The van der Waals surface area contributed by atoms with Gasteiger partial charge >= 0.3 is 0 Å². The van der Waals surface area contributed by atoms with E-state index in [1.807, 2.05) is 71.8 Å². The smallest absolute Gasteiger partial charge is 0.229 e. The number of aromatic nitrogens is 1. The highest BCUT2D eigenvalue weighted by atomic mass is 32.2. The number of carbonyl (C=O) groups excluding carboxylic acids is 1. The standard InChI is InChI=1S/C24H21N3O3S/c1-31(29,30)26-20-9-7-8-18(14-20)22-15-19(23-12-5-6-13-25-23)16-27(24(22)17-28)21-10-3-2-4-11-21/h2-17,24,26H,1H3. The predicted octanol–water partition coefficient (Wildman–Crippen LogP) is 3.97. The van der Waals surface area contributed by atoms with Crippen LogP contribution in [0.4, 0.5) is 11.4 Å². The Hall–Kier alpha value is -3.71. The van der Waals surface area contributed by atoms with Crippen LogP contribution in [-0.2, 0) is 14.8 Å². The van der Waals surface area contributed by atoms with E-state index in [0.29, 0.717) is 5.69 Å². The van der Waals surface area contributed by atoms with Crippen molar-refractivity contribution in [3.63, 3.8) is 0 Å². The molecule has 3 aromatic rings. The molecule has 0 bridgehead atoms. The van der Waals surface area contributed by atoms with E-state index in [0.717, 1.165) is 40.6 Å². The number of carbonyl (C=O) groups is 1. The lowest BCUT2D eigenvalue weighted by Gasteiger charge is -2.33. The minimum Gasteiger partial charge on any atom is -0.333 e. The number of anilines is 2. The molecule has 156 valence electrons. The molecule has 0 amide bonds. The van der Waals surface area contributed by atoms with Crippen LogP contribution in [0.15, 0.2) is 91.3 Å². The third kappa shape index (κ3) is 4.73. The number of para-hydroxylation sites is 1. The van der Waals surface area contributed by atoms with Gasteiger partial charge in [0.05, 0.1) is 11.9 Å². The van der Waals surface area contributed by atoms with Crippen LogP contribution in [0.3, 0.4) is 0 Å². The van der Waals surface area contributed by atoms with Crippen LogP contribution in [0.1, 0.15) is 11.3 Å². The van der Waals surface area contributed by atoms with Gasteiger partial charge in [-0.15, -0.1) is 0 Å². The third-order valence-electron chi connectivity index (χ3n) is 4.85. The van der Waals surface area contributed by atoms with Gasteiger partial charge in [-0.2, -0.15) is 0 Å². The summed E-state index contributed by atoms with van der Waals surface area (Å²) in [5.41, 5.74) is 4.41. The molecule has 1 aliphatic heterocycles. The first-order valence-electron chi connectivity index (χ1n) is 9.66. The number of nitrogens with zero attached hydrogens (tertiary/aromatic N) is 2. The number of hydrogen-bond donors (Lipinski definition) is 1. The predicted molar refractivity (Wildman–Crippen MR) is 124 cm³/mol. The maximum Gasteiger partial charge on any atom is 0.229 e. The van der Waals surface area contributed by atoms with Crippen molar-refractivity contribution in [2.45, 2.75) is 6.04 Å². The zero-order chi connectivity index (χ0) is 21.8. The molecule has 0 fully saturated rings. The average Bonchev–Trinajstić information content (AvgIpc) is 2.78. The van der Waals surface area contributed by atoms with Crippen molar-refractivity contribution in [2.24, 2.45) is 0 Å². The van der Waals surface area contributed by atoms with Crippen LogP contribution >= 0.6 is 0 Å². The Balaban J connectivity index is 1.85. The highest BCUT2D eigenvalue weighted by molar-refractivity contribution is 7.92. The first-order chi connectivity index (χ1) is 14.9. The first-order valence-corrected chi connectivity index (χ1v) is 11.6. The third-order valence-corrected chi connectivity index (χ3v) is 5.46. The van der Waals surface area contributed by atoms with Gasteiger partial charge in [0, 0.05) is 29.3 Å². The summed E-state index contributed by atoms with van der Waals surface area (Å²) >= 11 is 0. The van der Waals surface area contributed by atoms with E-state index in [9.17, 15) is 13.2 Å². The summed E-state index contributed by atoms with van der Waals surface area (Å²) in [5, 5.41) is 0. The minimum atomic E-state index is -3.42. The molecule has 1 unspecified atom stereocenters. The second-order valence-electron chi connectivity index (χ2n) is 7.18. The molecule has 1 N–H and O–H groups in total. The Morgan fingerprint density at radius 1 is 1.00 bits per heavy atom. The number of nitrogens with one attached hydrogen (secondary N) is 1. The number of pyridine rings is 1. The lowest BCUT2D eigenvalue weighted by molar-refractivity contribution is -0.107. The summed E-state index contributed by atoms with van der Waals surface area (Å²) in [6.45, 7) is 0. The molecule has 7 heteroatoms. The molecule has 1 atom stereocenters. The maximum absolute atomic E-state index is 12.2. The monoisotopic (exact) mass is 431 g/mol. The Morgan fingerprint density at radius 3 is 2.45 bits per heavy atom. The van der Waals surface area contributed by atoms with Crippen molar-refractivity contribution in [3.05, 3.63) is 103 Å². The molecule has 0 saturated heterocycles. The summed E-state index contributed by atoms with van der Waals surface area (Å²) in [6.07, 6.45) is 7.56. The van der Waals surface area contributed by atoms with Crippen molar-refractivity contribution in [1.29, 1.82) is 0 Å². The summed E-state index contributed by atoms with van der Waals surface area (Å²) in [7, 11) is -3.42. The van der Waals surface area contributed by atoms with Gasteiger partial charge in [-0.25, -0.2) is 8.42 Å².